The number of fused-ring (bicyclic) bond motifs is 1. The average Bonchev–Trinajstić information content (AvgIpc) is 3.02. The number of rotatable bonds is 7. The topological polar surface area (TPSA) is 77.1 Å². The number of para-hydroxylation sites is 1. The van der Waals surface area contributed by atoms with E-state index in [0.717, 1.165) is 5.56 Å². The molecule has 1 heterocycles. The third-order valence-electron chi connectivity index (χ3n) is 6.04. The fourth-order valence-electron chi connectivity index (χ4n) is 4.22. The summed E-state index contributed by atoms with van der Waals surface area (Å²) in [6.45, 7) is 1.92. The number of aryl methyl sites for hydroxylation is 1. The van der Waals surface area contributed by atoms with Crippen molar-refractivity contribution in [1.82, 2.24) is 4.90 Å². The number of hydrogen-bond donors (Lipinski definition) is 1. The van der Waals surface area contributed by atoms with Crippen molar-refractivity contribution in [1.29, 1.82) is 0 Å². The number of hydrogen-bond acceptors (Lipinski definition) is 5. The molecule has 0 spiro atoms. The molecule has 0 aromatic heterocycles. The predicted molar refractivity (Wildman–Crippen MR) is 139 cm³/mol. The van der Waals surface area contributed by atoms with Gasteiger partial charge in [-0.3, -0.25) is 9.59 Å². The average molecular weight is 529 g/mol. The fraction of sp³-hybridized carbons (Fsp3) is 0.259. The van der Waals surface area contributed by atoms with Crippen LogP contribution in [0.2, 0.25) is 10.0 Å². The molecule has 9 heteroatoms. The Morgan fingerprint density at radius 1 is 1.06 bits per heavy atom. The molecule has 0 bridgehead atoms. The van der Waals surface area contributed by atoms with Crippen LogP contribution in [0.15, 0.2) is 54.6 Å². The molecular weight excluding hydrogens is 503 g/mol. The van der Waals surface area contributed by atoms with E-state index >= 15 is 0 Å². The van der Waals surface area contributed by atoms with Crippen LogP contribution in [0.3, 0.4) is 0 Å². The van der Waals surface area contributed by atoms with Crippen LogP contribution in [0.1, 0.15) is 29.7 Å². The number of nitrogens with zero attached hydrogens (tertiary/aromatic N) is 1. The molecule has 0 radical (unpaired) electrons. The van der Waals surface area contributed by atoms with Gasteiger partial charge in [0.1, 0.15) is 23.3 Å². The van der Waals surface area contributed by atoms with Crippen LogP contribution in [-0.2, 0) is 22.6 Å². The van der Waals surface area contributed by atoms with Crippen LogP contribution in [0.5, 0.6) is 17.2 Å². The van der Waals surface area contributed by atoms with Crippen LogP contribution < -0.4 is 19.5 Å². The predicted octanol–water partition coefficient (Wildman–Crippen LogP) is 5.67. The first-order valence-corrected chi connectivity index (χ1v) is 12.1. The van der Waals surface area contributed by atoms with Crippen molar-refractivity contribution in [2.24, 2.45) is 0 Å². The Morgan fingerprint density at radius 3 is 2.56 bits per heavy atom. The number of methoxy groups -OCH3 is 2. The van der Waals surface area contributed by atoms with E-state index in [4.69, 9.17) is 37.4 Å². The maximum atomic E-state index is 13.8. The molecule has 1 unspecified atom stereocenters. The van der Waals surface area contributed by atoms with Gasteiger partial charge in [0.25, 0.3) is 11.8 Å². The normalized spacial score (nSPS) is 15.0. The summed E-state index contributed by atoms with van der Waals surface area (Å²) in [5.74, 6) is 0.966. The lowest BCUT2D eigenvalue weighted by Crippen LogP contribution is -2.41. The third-order valence-corrected chi connectivity index (χ3v) is 6.78. The molecule has 3 aromatic rings. The molecule has 36 heavy (non-hydrogen) atoms. The largest absolute Gasteiger partial charge is 0.497 e. The van der Waals surface area contributed by atoms with Crippen molar-refractivity contribution in [3.8, 4) is 17.2 Å². The Morgan fingerprint density at radius 2 is 1.86 bits per heavy atom. The van der Waals surface area contributed by atoms with Gasteiger partial charge in [0, 0.05) is 22.9 Å². The highest BCUT2D eigenvalue weighted by molar-refractivity contribution is 6.42. The van der Waals surface area contributed by atoms with E-state index in [-0.39, 0.29) is 19.1 Å². The SMILES string of the molecule is CCc1cccc2c1OCC(=O)N(Cc1ccc(OC)cc1OC)C2C(=O)Nc1ccc(Cl)c(Cl)c1. The lowest BCUT2D eigenvalue weighted by Gasteiger charge is -2.30. The van der Waals surface area contributed by atoms with Gasteiger partial charge in [-0.15, -0.1) is 0 Å². The molecule has 1 aliphatic rings. The number of benzene rings is 3. The van der Waals surface area contributed by atoms with Gasteiger partial charge in [-0.1, -0.05) is 48.3 Å². The number of anilines is 1. The maximum Gasteiger partial charge on any atom is 0.261 e. The van der Waals surface area contributed by atoms with Crippen LogP contribution in [0.4, 0.5) is 5.69 Å². The standard InChI is InChI=1S/C27H26Cl2N2O5/c1-4-16-6-5-7-20-25(27(33)30-18-9-11-21(28)22(29)12-18)31(24(32)15-36-26(16)20)14-17-8-10-19(34-2)13-23(17)35-3/h5-13,25H,4,14-15H2,1-3H3,(H,30,33). The molecule has 7 nitrogen and oxygen atoms in total. The van der Waals surface area contributed by atoms with E-state index in [9.17, 15) is 9.59 Å². The summed E-state index contributed by atoms with van der Waals surface area (Å²) in [4.78, 5) is 28.7. The quantitative estimate of drug-likeness (QED) is 0.427. The van der Waals surface area contributed by atoms with E-state index in [0.29, 0.717) is 50.5 Å². The van der Waals surface area contributed by atoms with Gasteiger partial charge in [0.05, 0.1) is 30.8 Å². The minimum Gasteiger partial charge on any atom is -0.497 e. The molecule has 0 aliphatic carbocycles. The van der Waals surface area contributed by atoms with Crippen molar-refractivity contribution < 1.29 is 23.8 Å². The van der Waals surface area contributed by atoms with Crippen molar-refractivity contribution in [2.45, 2.75) is 25.9 Å². The number of carbonyl (C=O) groups excluding carboxylic acids is 2. The second-order valence-electron chi connectivity index (χ2n) is 8.20. The van der Waals surface area contributed by atoms with Crippen LogP contribution in [0.25, 0.3) is 0 Å². The zero-order valence-corrected chi connectivity index (χ0v) is 21.7. The van der Waals surface area contributed by atoms with Crippen molar-refractivity contribution in [3.05, 3.63) is 81.3 Å². The van der Waals surface area contributed by atoms with Crippen LogP contribution in [-0.4, -0.2) is 37.5 Å². The second-order valence-corrected chi connectivity index (χ2v) is 9.01. The Hall–Kier alpha value is -3.42. The van der Waals surface area contributed by atoms with Gasteiger partial charge in [0.2, 0.25) is 0 Å². The first kappa shape index (κ1) is 25.7. The number of amides is 2. The van der Waals surface area contributed by atoms with E-state index in [1.807, 2.05) is 31.2 Å². The third kappa shape index (κ3) is 5.22. The second kappa shape index (κ2) is 11.1. The minimum atomic E-state index is -0.970. The summed E-state index contributed by atoms with van der Waals surface area (Å²) in [5, 5.41) is 3.57. The van der Waals surface area contributed by atoms with Crippen LogP contribution >= 0.6 is 23.2 Å². The summed E-state index contributed by atoms with van der Waals surface area (Å²) in [7, 11) is 3.11. The Labute approximate surface area is 219 Å². The Balaban J connectivity index is 1.79. The van der Waals surface area contributed by atoms with Gasteiger partial charge < -0.3 is 24.4 Å². The number of nitrogens with one attached hydrogen (secondary N) is 1. The molecule has 1 aliphatic heterocycles. The molecule has 0 saturated heterocycles. The molecule has 0 fully saturated rings. The Bertz CT molecular complexity index is 1300. The highest BCUT2D eigenvalue weighted by atomic mass is 35.5. The molecule has 1 atom stereocenters. The first-order valence-electron chi connectivity index (χ1n) is 11.4. The van der Waals surface area contributed by atoms with Crippen molar-refractivity contribution in [3.63, 3.8) is 0 Å². The minimum absolute atomic E-state index is 0.116. The monoisotopic (exact) mass is 528 g/mol. The van der Waals surface area contributed by atoms with Crippen molar-refractivity contribution >= 4 is 40.7 Å². The number of carbonyl (C=O) groups is 2. The zero-order chi connectivity index (χ0) is 25.8. The summed E-state index contributed by atoms with van der Waals surface area (Å²) < 4.78 is 16.8. The lowest BCUT2D eigenvalue weighted by atomic mass is 9.98. The maximum absolute atomic E-state index is 13.8. The van der Waals surface area contributed by atoms with E-state index in [1.165, 1.54) is 4.90 Å². The molecule has 3 aromatic carbocycles. The lowest BCUT2D eigenvalue weighted by molar-refractivity contribution is -0.140. The summed E-state index contributed by atoms with van der Waals surface area (Å²) in [6.07, 6.45) is 0.685. The van der Waals surface area contributed by atoms with E-state index in [1.54, 1.807) is 44.6 Å². The highest BCUT2D eigenvalue weighted by Gasteiger charge is 2.37. The molecule has 2 amide bonds. The molecule has 4 rings (SSSR count). The fourth-order valence-corrected chi connectivity index (χ4v) is 4.51. The molecule has 188 valence electrons. The van der Waals surface area contributed by atoms with Crippen molar-refractivity contribution in [2.75, 3.05) is 26.1 Å². The molecule has 1 N–H and O–H groups in total. The van der Waals surface area contributed by atoms with Crippen LogP contribution in [0, 0.1) is 0 Å². The van der Waals surface area contributed by atoms with E-state index < -0.39 is 11.9 Å². The summed E-state index contributed by atoms with van der Waals surface area (Å²) in [5.41, 5.74) is 2.69. The van der Waals surface area contributed by atoms with E-state index in [2.05, 4.69) is 5.32 Å². The highest BCUT2D eigenvalue weighted by Crippen LogP contribution is 2.38. The van der Waals surface area contributed by atoms with Gasteiger partial charge in [-0.25, -0.2) is 0 Å². The van der Waals surface area contributed by atoms with Gasteiger partial charge in [-0.2, -0.15) is 0 Å². The van der Waals surface area contributed by atoms with Gasteiger partial charge in [-0.05, 0) is 42.3 Å². The number of ether oxygens (including phenoxy) is 3. The first-order chi connectivity index (χ1) is 17.4. The molecular formula is C27H26Cl2N2O5. The molecule has 0 saturated carbocycles. The Kier molecular flexibility index (Phi) is 7.91. The van der Waals surface area contributed by atoms with Gasteiger partial charge >= 0.3 is 0 Å². The zero-order valence-electron chi connectivity index (χ0n) is 20.1. The smallest absolute Gasteiger partial charge is 0.261 e. The number of halogens is 2. The van der Waals surface area contributed by atoms with Gasteiger partial charge in [0.15, 0.2) is 6.61 Å². The summed E-state index contributed by atoms with van der Waals surface area (Å²) >= 11 is 12.2. The summed E-state index contributed by atoms with van der Waals surface area (Å²) in [6, 6.07) is 14.8.